The summed E-state index contributed by atoms with van der Waals surface area (Å²) in [6.45, 7) is 5.88. The van der Waals surface area contributed by atoms with Gasteiger partial charge < -0.3 is 10.1 Å². The van der Waals surface area contributed by atoms with E-state index < -0.39 is 0 Å². The van der Waals surface area contributed by atoms with Crippen LogP contribution >= 0.6 is 0 Å². The van der Waals surface area contributed by atoms with Crippen molar-refractivity contribution in [2.24, 2.45) is 0 Å². The van der Waals surface area contributed by atoms with Crippen LogP contribution in [0.3, 0.4) is 0 Å². The minimum atomic E-state index is 0.434. The Labute approximate surface area is 56.6 Å². The fourth-order valence-electron chi connectivity index (χ4n) is 1.13. The molecule has 53 valence electrons. The quantitative estimate of drug-likeness (QED) is 0.597. The lowest BCUT2D eigenvalue weighted by atomic mass is 10.1. The molecule has 0 spiro atoms. The predicted molar refractivity (Wildman–Crippen MR) is 37.0 cm³/mol. The molecule has 1 atom stereocenters. The molecule has 2 heteroatoms. The summed E-state index contributed by atoms with van der Waals surface area (Å²) >= 11 is 0. The van der Waals surface area contributed by atoms with Crippen molar-refractivity contribution in [1.29, 1.82) is 0 Å². The van der Waals surface area contributed by atoms with Gasteiger partial charge in [-0.2, -0.15) is 0 Å². The molecule has 1 unspecified atom stereocenters. The van der Waals surface area contributed by atoms with Crippen molar-refractivity contribution in [2.45, 2.75) is 25.9 Å². The lowest BCUT2D eigenvalue weighted by Gasteiger charge is -2.21. The Kier molecular flexibility index (Phi) is 3.01. The maximum absolute atomic E-state index is 5.30. The second kappa shape index (κ2) is 3.85. The van der Waals surface area contributed by atoms with Crippen LogP contribution in [0.15, 0.2) is 0 Å². The third-order valence-corrected chi connectivity index (χ3v) is 1.58. The summed E-state index contributed by atoms with van der Waals surface area (Å²) in [5, 5.41) is 3.27. The number of rotatable bonds is 2. The van der Waals surface area contributed by atoms with E-state index in [1.54, 1.807) is 6.61 Å². The van der Waals surface area contributed by atoms with Gasteiger partial charge in [-0.1, -0.05) is 0 Å². The molecule has 0 aromatic carbocycles. The minimum Gasteiger partial charge on any atom is -0.371 e. The fraction of sp³-hybridized carbons (Fsp3) is 0.857. The highest BCUT2D eigenvalue weighted by atomic mass is 16.5. The molecule has 0 bridgehead atoms. The lowest BCUT2D eigenvalue weighted by molar-refractivity contribution is 0.0866. The van der Waals surface area contributed by atoms with Gasteiger partial charge in [0.05, 0.1) is 12.7 Å². The Morgan fingerprint density at radius 1 is 1.67 bits per heavy atom. The predicted octanol–water partition coefficient (Wildman–Crippen LogP) is 0.937. The zero-order valence-electron chi connectivity index (χ0n) is 5.89. The van der Waals surface area contributed by atoms with E-state index in [4.69, 9.17) is 4.74 Å². The molecule has 0 aliphatic carbocycles. The monoisotopic (exact) mass is 128 g/mol. The van der Waals surface area contributed by atoms with E-state index in [9.17, 15) is 0 Å². The van der Waals surface area contributed by atoms with Gasteiger partial charge in [0, 0.05) is 6.54 Å². The Bertz CT molecular complexity index is 66.6. The third-order valence-electron chi connectivity index (χ3n) is 1.58. The van der Waals surface area contributed by atoms with Gasteiger partial charge in [0.15, 0.2) is 0 Å². The highest BCUT2D eigenvalue weighted by Gasteiger charge is 2.11. The molecule has 0 amide bonds. The molecule has 1 aliphatic rings. The second-order valence-electron chi connectivity index (χ2n) is 2.34. The third kappa shape index (κ3) is 2.33. The molecule has 1 heterocycles. The molecule has 1 rings (SSSR count). The number of piperidine rings is 1. The molecule has 1 fully saturated rings. The van der Waals surface area contributed by atoms with Crippen molar-refractivity contribution in [1.82, 2.24) is 5.32 Å². The summed E-state index contributed by atoms with van der Waals surface area (Å²) in [5.41, 5.74) is 0. The van der Waals surface area contributed by atoms with Crippen LogP contribution in [0.4, 0.5) is 0 Å². The van der Waals surface area contributed by atoms with E-state index in [-0.39, 0.29) is 0 Å². The first-order valence-electron chi connectivity index (χ1n) is 3.57. The zero-order valence-corrected chi connectivity index (χ0v) is 5.89. The SMILES string of the molecule is C[CH]OC1CCCNC1. The van der Waals surface area contributed by atoms with Crippen molar-refractivity contribution in [3.05, 3.63) is 6.61 Å². The molecule has 2 nitrogen and oxygen atoms in total. The molecule has 1 saturated heterocycles. The second-order valence-corrected chi connectivity index (χ2v) is 2.34. The summed E-state index contributed by atoms with van der Waals surface area (Å²) in [7, 11) is 0. The van der Waals surface area contributed by atoms with Gasteiger partial charge >= 0.3 is 0 Å². The van der Waals surface area contributed by atoms with E-state index in [0.717, 1.165) is 13.1 Å². The van der Waals surface area contributed by atoms with Crippen molar-refractivity contribution < 1.29 is 4.74 Å². The van der Waals surface area contributed by atoms with E-state index >= 15 is 0 Å². The minimum absolute atomic E-state index is 0.434. The fourth-order valence-corrected chi connectivity index (χ4v) is 1.13. The molecule has 9 heavy (non-hydrogen) atoms. The van der Waals surface area contributed by atoms with Crippen molar-refractivity contribution in [3.8, 4) is 0 Å². The standard InChI is InChI=1S/C7H14NO/c1-2-9-7-4-3-5-8-6-7/h2,7-8H,3-6H2,1H3. The average molecular weight is 128 g/mol. The summed E-state index contributed by atoms with van der Waals surface area (Å²) in [6.07, 6.45) is 2.89. The summed E-state index contributed by atoms with van der Waals surface area (Å²) in [6, 6.07) is 0. The summed E-state index contributed by atoms with van der Waals surface area (Å²) in [5.74, 6) is 0. The van der Waals surface area contributed by atoms with E-state index in [1.165, 1.54) is 12.8 Å². The van der Waals surface area contributed by atoms with Crippen LogP contribution in [0.25, 0.3) is 0 Å². The molecule has 0 aromatic heterocycles. The number of hydrogen-bond acceptors (Lipinski definition) is 2. The summed E-state index contributed by atoms with van der Waals surface area (Å²) in [4.78, 5) is 0. The Morgan fingerprint density at radius 2 is 2.56 bits per heavy atom. The van der Waals surface area contributed by atoms with Gasteiger partial charge in [0.1, 0.15) is 0 Å². The smallest absolute Gasteiger partial charge is 0.0810 e. The van der Waals surface area contributed by atoms with E-state index in [0.29, 0.717) is 6.10 Å². The Hall–Kier alpha value is -0.0800. The average Bonchev–Trinajstić information content (AvgIpc) is 1.91. The van der Waals surface area contributed by atoms with Crippen LogP contribution in [0.1, 0.15) is 19.8 Å². The van der Waals surface area contributed by atoms with Crippen LogP contribution in [0.2, 0.25) is 0 Å². The van der Waals surface area contributed by atoms with Crippen molar-refractivity contribution >= 4 is 0 Å². The van der Waals surface area contributed by atoms with E-state index in [1.807, 2.05) is 6.92 Å². The molecule has 0 saturated carbocycles. The number of ether oxygens (including phenoxy) is 1. The molecular formula is C7H14NO. The van der Waals surface area contributed by atoms with Gasteiger partial charge in [0.2, 0.25) is 0 Å². The lowest BCUT2D eigenvalue weighted by Crippen LogP contribution is -2.34. The topological polar surface area (TPSA) is 21.3 Å². The largest absolute Gasteiger partial charge is 0.371 e. The van der Waals surface area contributed by atoms with E-state index in [2.05, 4.69) is 5.32 Å². The van der Waals surface area contributed by atoms with Crippen molar-refractivity contribution in [2.75, 3.05) is 13.1 Å². The van der Waals surface area contributed by atoms with Gasteiger partial charge in [-0.3, -0.25) is 0 Å². The van der Waals surface area contributed by atoms with Gasteiger partial charge in [-0.25, -0.2) is 0 Å². The first-order valence-corrected chi connectivity index (χ1v) is 3.57. The first kappa shape index (κ1) is 7.03. The highest BCUT2D eigenvalue weighted by Crippen LogP contribution is 2.05. The van der Waals surface area contributed by atoms with Crippen molar-refractivity contribution in [3.63, 3.8) is 0 Å². The number of nitrogens with one attached hydrogen (secondary N) is 1. The van der Waals surface area contributed by atoms with Crippen LogP contribution in [-0.4, -0.2) is 19.2 Å². The molecule has 1 aliphatic heterocycles. The van der Waals surface area contributed by atoms with Crippen LogP contribution in [0.5, 0.6) is 0 Å². The highest BCUT2D eigenvalue weighted by molar-refractivity contribution is 4.69. The first-order chi connectivity index (χ1) is 4.43. The Balaban J connectivity index is 2.08. The molecule has 1 N–H and O–H groups in total. The number of hydrogen-bond donors (Lipinski definition) is 1. The molecular weight excluding hydrogens is 114 g/mol. The van der Waals surface area contributed by atoms with Crippen LogP contribution in [0, 0.1) is 6.61 Å². The molecule has 0 aromatic rings. The maximum Gasteiger partial charge on any atom is 0.0810 e. The summed E-state index contributed by atoms with van der Waals surface area (Å²) < 4.78 is 5.30. The van der Waals surface area contributed by atoms with Gasteiger partial charge in [-0.15, -0.1) is 0 Å². The Morgan fingerprint density at radius 3 is 3.11 bits per heavy atom. The van der Waals surface area contributed by atoms with Gasteiger partial charge in [-0.05, 0) is 26.3 Å². The van der Waals surface area contributed by atoms with Crippen LogP contribution in [-0.2, 0) is 4.74 Å². The zero-order chi connectivity index (χ0) is 6.53. The van der Waals surface area contributed by atoms with Crippen LogP contribution < -0.4 is 5.32 Å². The van der Waals surface area contributed by atoms with Gasteiger partial charge in [0.25, 0.3) is 0 Å². The maximum atomic E-state index is 5.30. The molecule has 1 radical (unpaired) electrons. The normalized spacial score (nSPS) is 28.3.